The Labute approximate surface area is 98.0 Å². The Balaban J connectivity index is 2.47. The van der Waals surface area contributed by atoms with Gasteiger partial charge in [0.25, 0.3) is 0 Å². The fraction of sp³-hybridized carbons (Fsp3) is 0.400. The second kappa shape index (κ2) is 5.50. The molecule has 0 spiro atoms. The lowest BCUT2D eigenvalue weighted by atomic mass is 10.1. The van der Waals surface area contributed by atoms with E-state index in [0.717, 1.165) is 4.88 Å². The molecule has 16 heavy (non-hydrogen) atoms. The van der Waals surface area contributed by atoms with Gasteiger partial charge >= 0.3 is 0 Å². The number of nitrogens with two attached hydrogens (primary N) is 1. The first-order valence-electron chi connectivity index (χ1n) is 4.85. The third-order valence-corrected chi connectivity index (χ3v) is 3.19. The van der Waals surface area contributed by atoms with Crippen LogP contribution in [-0.4, -0.2) is 17.0 Å². The first-order chi connectivity index (χ1) is 7.54. The summed E-state index contributed by atoms with van der Waals surface area (Å²) in [4.78, 5) is 13.8. The second-order valence-electron chi connectivity index (χ2n) is 3.48. The lowest BCUT2D eigenvalue weighted by molar-refractivity contribution is -0.122. The zero-order valence-electron chi connectivity index (χ0n) is 9.23. The Kier molecular flexibility index (Phi) is 4.30. The molecule has 1 atom stereocenters. The molecule has 1 rings (SSSR count). The van der Waals surface area contributed by atoms with Crippen molar-refractivity contribution in [3.63, 3.8) is 0 Å². The number of amides is 1. The van der Waals surface area contributed by atoms with Gasteiger partial charge in [0.2, 0.25) is 5.91 Å². The van der Waals surface area contributed by atoms with Crippen LogP contribution in [-0.2, 0) is 11.3 Å². The highest BCUT2D eigenvalue weighted by atomic mass is 32.1. The van der Waals surface area contributed by atoms with E-state index in [4.69, 9.17) is 10.9 Å². The molecule has 4 N–H and O–H groups in total. The zero-order valence-corrected chi connectivity index (χ0v) is 10.0. The molecule has 1 aromatic heterocycles. The number of hydrogen-bond acceptors (Lipinski definition) is 4. The van der Waals surface area contributed by atoms with Gasteiger partial charge in [-0.1, -0.05) is 5.16 Å². The van der Waals surface area contributed by atoms with Crippen LogP contribution < -0.4 is 11.1 Å². The first kappa shape index (κ1) is 12.5. The molecule has 0 fully saturated rings. The monoisotopic (exact) mass is 241 g/mol. The fourth-order valence-electron chi connectivity index (χ4n) is 1.13. The number of oxime groups is 1. The molecular formula is C10H15N3O2S. The van der Waals surface area contributed by atoms with Gasteiger partial charge in [0.15, 0.2) is 5.84 Å². The Bertz CT molecular complexity index is 401. The number of amidine groups is 1. The maximum absolute atomic E-state index is 11.5. The number of thiophene rings is 1. The minimum atomic E-state index is -0.619. The summed E-state index contributed by atoms with van der Waals surface area (Å²) < 4.78 is 0. The molecule has 1 aromatic rings. The number of rotatable bonds is 4. The van der Waals surface area contributed by atoms with Gasteiger partial charge in [0.05, 0.1) is 12.5 Å². The second-order valence-corrected chi connectivity index (χ2v) is 4.85. The summed E-state index contributed by atoms with van der Waals surface area (Å²) in [6.07, 6.45) is 0. The maximum Gasteiger partial charge on any atom is 0.230 e. The van der Waals surface area contributed by atoms with Crippen LogP contribution in [0.1, 0.15) is 16.7 Å². The summed E-state index contributed by atoms with van der Waals surface area (Å²) in [5.74, 6) is -0.952. The van der Waals surface area contributed by atoms with E-state index in [2.05, 4.69) is 10.5 Å². The maximum atomic E-state index is 11.5. The minimum absolute atomic E-state index is 0.0835. The molecule has 0 radical (unpaired) electrons. The molecule has 1 amide bonds. The standard InChI is InChI=1S/C10H15N3O2S/c1-6-3-4-8(16-6)5-12-10(14)7(2)9(11)13-15/h3-4,7,15H,5H2,1-2H3,(H2,11,13)(H,12,14). The van der Waals surface area contributed by atoms with E-state index in [0.29, 0.717) is 6.54 Å². The summed E-state index contributed by atoms with van der Waals surface area (Å²) in [7, 11) is 0. The van der Waals surface area contributed by atoms with Gasteiger partial charge in [-0.25, -0.2) is 0 Å². The number of nitrogens with zero attached hydrogens (tertiary/aromatic N) is 1. The average Bonchev–Trinajstić information content (AvgIpc) is 2.69. The average molecular weight is 241 g/mol. The van der Waals surface area contributed by atoms with E-state index in [9.17, 15) is 4.79 Å². The highest BCUT2D eigenvalue weighted by molar-refractivity contribution is 7.11. The Morgan fingerprint density at radius 2 is 2.38 bits per heavy atom. The highest BCUT2D eigenvalue weighted by Gasteiger charge is 2.16. The summed E-state index contributed by atoms with van der Waals surface area (Å²) in [6, 6.07) is 3.97. The van der Waals surface area contributed by atoms with Crippen molar-refractivity contribution in [2.75, 3.05) is 0 Å². The third kappa shape index (κ3) is 3.23. The van der Waals surface area contributed by atoms with E-state index < -0.39 is 5.92 Å². The van der Waals surface area contributed by atoms with Gasteiger partial charge in [-0.2, -0.15) is 0 Å². The smallest absolute Gasteiger partial charge is 0.230 e. The van der Waals surface area contributed by atoms with Gasteiger partial charge in [-0.05, 0) is 26.0 Å². The van der Waals surface area contributed by atoms with E-state index in [-0.39, 0.29) is 11.7 Å². The quantitative estimate of drug-likeness (QED) is 0.319. The van der Waals surface area contributed by atoms with Crippen LogP contribution in [0.15, 0.2) is 17.3 Å². The molecule has 88 valence electrons. The third-order valence-electron chi connectivity index (χ3n) is 2.19. The molecule has 0 aliphatic heterocycles. The normalized spacial score (nSPS) is 13.5. The van der Waals surface area contributed by atoms with Crippen molar-refractivity contribution < 1.29 is 10.0 Å². The number of aryl methyl sites for hydroxylation is 1. The van der Waals surface area contributed by atoms with Crippen molar-refractivity contribution in [1.82, 2.24) is 5.32 Å². The van der Waals surface area contributed by atoms with E-state index >= 15 is 0 Å². The van der Waals surface area contributed by atoms with Gasteiger partial charge in [0, 0.05) is 9.75 Å². The predicted octanol–water partition coefficient (Wildman–Crippen LogP) is 1.06. The van der Waals surface area contributed by atoms with Gasteiger partial charge < -0.3 is 16.3 Å². The summed E-state index contributed by atoms with van der Waals surface area (Å²) in [6.45, 7) is 4.07. The van der Waals surface area contributed by atoms with Crippen molar-refractivity contribution in [3.8, 4) is 0 Å². The zero-order chi connectivity index (χ0) is 12.1. The van der Waals surface area contributed by atoms with Crippen molar-refractivity contribution in [2.24, 2.45) is 16.8 Å². The summed E-state index contributed by atoms with van der Waals surface area (Å²) in [5.41, 5.74) is 5.33. The number of carbonyl (C=O) groups is 1. The van der Waals surface area contributed by atoms with Crippen molar-refractivity contribution in [1.29, 1.82) is 0 Å². The number of hydrogen-bond donors (Lipinski definition) is 3. The van der Waals surface area contributed by atoms with E-state index in [1.807, 2.05) is 19.1 Å². The molecule has 1 heterocycles. The van der Waals surface area contributed by atoms with Gasteiger partial charge in [-0.3, -0.25) is 4.79 Å². The predicted molar refractivity (Wildman–Crippen MR) is 63.5 cm³/mol. The van der Waals surface area contributed by atoms with Crippen LogP contribution in [0.4, 0.5) is 0 Å². The summed E-state index contributed by atoms with van der Waals surface area (Å²) in [5, 5.41) is 14.0. The molecule has 0 saturated heterocycles. The molecule has 1 unspecified atom stereocenters. The SMILES string of the molecule is Cc1ccc(CNC(=O)C(C)C(N)=NO)s1. The van der Waals surface area contributed by atoms with E-state index in [1.54, 1.807) is 18.3 Å². The van der Waals surface area contributed by atoms with Crippen LogP contribution in [0.3, 0.4) is 0 Å². The molecule has 0 bridgehead atoms. The molecule has 0 saturated carbocycles. The van der Waals surface area contributed by atoms with Crippen LogP contribution in [0.2, 0.25) is 0 Å². The molecule has 0 aliphatic carbocycles. The van der Waals surface area contributed by atoms with Gasteiger partial charge in [-0.15, -0.1) is 11.3 Å². The molecule has 6 heteroatoms. The number of nitrogens with one attached hydrogen (secondary N) is 1. The lowest BCUT2D eigenvalue weighted by Gasteiger charge is -2.09. The number of carbonyl (C=O) groups excluding carboxylic acids is 1. The van der Waals surface area contributed by atoms with E-state index in [1.165, 1.54) is 4.88 Å². The molecule has 0 aromatic carbocycles. The van der Waals surface area contributed by atoms with Gasteiger partial charge in [0.1, 0.15) is 0 Å². The van der Waals surface area contributed by atoms with Crippen molar-refractivity contribution in [2.45, 2.75) is 20.4 Å². The summed E-state index contributed by atoms with van der Waals surface area (Å²) >= 11 is 1.63. The topological polar surface area (TPSA) is 87.7 Å². The van der Waals surface area contributed by atoms with Crippen LogP contribution in [0.25, 0.3) is 0 Å². The lowest BCUT2D eigenvalue weighted by Crippen LogP contribution is -2.36. The first-order valence-corrected chi connectivity index (χ1v) is 5.66. The Morgan fingerprint density at radius 3 is 2.88 bits per heavy atom. The molecular weight excluding hydrogens is 226 g/mol. The molecule has 5 nitrogen and oxygen atoms in total. The van der Waals surface area contributed by atoms with Crippen LogP contribution >= 0.6 is 11.3 Å². The van der Waals surface area contributed by atoms with Crippen LogP contribution in [0.5, 0.6) is 0 Å². The fourth-order valence-corrected chi connectivity index (χ4v) is 1.96. The highest BCUT2D eigenvalue weighted by Crippen LogP contribution is 2.14. The molecule has 0 aliphatic rings. The Hall–Kier alpha value is -1.56. The van der Waals surface area contributed by atoms with Crippen molar-refractivity contribution >= 4 is 23.1 Å². The van der Waals surface area contributed by atoms with Crippen LogP contribution in [0, 0.1) is 12.8 Å². The van der Waals surface area contributed by atoms with Crippen molar-refractivity contribution in [3.05, 3.63) is 21.9 Å². The Morgan fingerprint density at radius 1 is 1.69 bits per heavy atom. The largest absolute Gasteiger partial charge is 0.409 e. The minimum Gasteiger partial charge on any atom is -0.409 e.